The molecule has 2 aliphatic rings. The molecule has 178 valence electrons. The van der Waals surface area contributed by atoms with Crippen molar-refractivity contribution in [2.75, 3.05) is 27.4 Å². The van der Waals surface area contributed by atoms with Gasteiger partial charge in [0.1, 0.15) is 23.4 Å². The van der Waals surface area contributed by atoms with Crippen LogP contribution in [-0.2, 0) is 9.53 Å². The number of benzene rings is 2. The fourth-order valence-electron chi connectivity index (χ4n) is 5.16. The van der Waals surface area contributed by atoms with Gasteiger partial charge in [0.15, 0.2) is 0 Å². The highest BCUT2D eigenvalue weighted by atomic mass is 16.5. The second kappa shape index (κ2) is 10.4. The molecule has 0 saturated heterocycles. The minimum absolute atomic E-state index is 0.104. The monoisotopic (exact) mass is 457 g/mol. The number of aliphatic hydroxyl groups is 2. The molecule has 1 heterocycles. The van der Waals surface area contributed by atoms with Gasteiger partial charge in [-0.25, -0.2) is 0 Å². The highest BCUT2D eigenvalue weighted by molar-refractivity contribution is 5.59. The summed E-state index contributed by atoms with van der Waals surface area (Å²) in [6.07, 6.45) is 0.504. The molecule has 0 aromatic heterocycles. The molecule has 0 spiro atoms. The first-order valence-corrected chi connectivity index (χ1v) is 11.2. The van der Waals surface area contributed by atoms with Crippen LogP contribution >= 0.6 is 0 Å². The molecule has 33 heavy (non-hydrogen) atoms. The molecule has 2 aromatic rings. The molecule has 4 rings (SSSR count). The standard InChI is InChI=1S/C25H31NO7/c1-30-18-11-17(32-10-6-9-16(29)13-27)12-19-21(18)22-24(33-19)20(15-7-4-3-5-8-15)23(26-14-28)25(22)31-2/h3-5,7-8,11-12,14,16,20,22-25,27,29H,6,9-10,13H2,1-2H3,(H,26,28)/t16?,20-,22?,23?,24?,25?/m1/s1. The molecule has 1 fully saturated rings. The van der Waals surface area contributed by atoms with E-state index in [9.17, 15) is 9.90 Å². The maximum absolute atomic E-state index is 11.4. The summed E-state index contributed by atoms with van der Waals surface area (Å²) in [7, 11) is 3.26. The maximum Gasteiger partial charge on any atom is 0.207 e. The summed E-state index contributed by atoms with van der Waals surface area (Å²) in [4.78, 5) is 11.4. The highest BCUT2D eigenvalue weighted by Crippen LogP contribution is 2.57. The molecule has 2 aromatic carbocycles. The van der Waals surface area contributed by atoms with Crippen LogP contribution in [0.15, 0.2) is 42.5 Å². The Hall–Kier alpha value is -2.81. The van der Waals surface area contributed by atoms with Crippen molar-refractivity contribution in [3.8, 4) is 17.2 Å². The van der Waals surface area contributed by atoms with Crippen molar-refractivity contribution in [3.63, 3.8) is 0 Å². The van der Waals surface area contributed by atoms with Crippen molar-refractivity contribution in [1.82, 2.24) is 5.32 Å². The van der Waals surface area contributed by atoms with Crippen molar-refractivity contribution < 1.29 is 34.0 Å². The number of methoxy groups -OCH3 is 2. The number of hydrogen-bond acceptors (Lipinski definition) is 7. The summed E-state index contributed by atoms with van der Waals surface area (Å²) in [6.45, 7) is 0.136. The van der Waals surface area contributed by atoms with Gasteiger partial charge in [-0.05, 0) is 18.4 Å². The van der Waals surface area contributed by atoms with Crippen LogP contribution in [0.2, 0.25) is 0 Å². The van der Waals surface area contributed by atoms with Gasteiger partial charge in [-0.2, -0.15) is 0 Å². The molecule has 0 bridgehead atoms. The fourth-order valence-corrected chi connectivity index (χ4v) is 5.16. The molecule has 0 radical (unpaired) electrons. The third kappa shape index (κ3) is 4.51. The van der Waals surface area contributed by atoms with Gasteiger partial charge >= 0.3 is 0 Å². The molecule has 8 nitrogen and oxygen atoms in total. The molecule has 8 heteroatoms. The summed E-state index contributed by atoms with van der Waals surface area (Å²) in [6, 6.07) is 13.4. The van der Waals surface area contributed by atoms with Gasteiger partial charge in [-0.1, -0.05) is 30.3 Å². The first-order valence-electron chi connectivity index (χ1n) is 11.2. The fraction of sp³-hybridized carbons (Fsp3) is 0.480. The van der Waals surface area contributed by atoms with Crippen LogP contribution < -0.4 is 19.5 Å². The predicted molar refractivity (Wildman–Crippen MR) is 121 cm³/mol. The first-order chi connectivity index (χ1) is 16.1. The Morgan fingerprint density at radius 2 is 1.97 bits per heavy atom. The zero-order valence-electron chi connectivity index (χ0n) is 18.8. The van der Waals surface area contributed by atoms with Gasteiger partial charge in [-0.3, -0.25) is 4.79 Å². The van der Waals surface area contributed by atoms with Crippen molar-refractivity contribution >= 4 is 6.41 Å². The smallest absolute Gasteiger partial charge is 0.207 e. The van der Waals surface area contributed by atoms with E-state index in [0.717, 1.165) is 17.5 Å². The summed E-state index contributed by atoms with van der Waals surface area (Å²) < 4.78 is 24.0. The number of carbonyl (C=O) groups excluding carboxylic acids is 1. The maximum atomic E-state index is 11.4. The van der Waals surface area contributed by atoms with Crippen LogP contribution in [-0.4, -0.2) is 68.4 Å². The van der Waals surface area contributed by atoms with Gasteiger partial charge in [0, 0.05) is 30.7 Å². The average Bonchev–Trinajstić information content (AvgIpc) is 3.35. The number of carbonyl (C=O) groups is 1. The number of aliphatic hydroxyl groups excluding tert-OH is 2. The molecular formula is C25H31NO7. The molecule has 3 N–H and O–H groups in total. The van der Waals surface area contributed by atoms with Gasteiger partial charge < -0.3 is 34.5 Å². The molecule has 6 atom stereocenters. The quantitative estimate of drug-likeness (QED) is 0.350. The van der Waals surface area contributed by atoms with Crippen LogP contribution in [0, 0.1) is 0 Å². The van der Waals surface area contributed by atoms with Crippen molar-refractivity contribution in [1.29, 1.82) is 0 Å². The predicted octanol–water partition coefficient (Wildman–Crippen LogP) is 1.98. The second-order valence-electron chi connectivity index (χ2n) is 8.42. The average molecular weight is 458 g/mol. The lowest BCUT2D eigenvalue weighted by molar-refractivity contribution is -0.111. The van der Waals surface area contributed by atoms with E-state index in [4.69, 9.17) is 24.1 Å². The largest absolute Gasteiger partial charge is 0.496 e. The van der Waals surface area contributed by atoms with E-state index in [2.05, 4.69) is 5.32 Å². The van der Waals surface area contributed by atoms with E-state index >= 15 is 0 Å². The Labute approximate surface area is 193 Å². The van der Waals surface area contributed by atoms with E-state index in [0.29, 0.717) is 36.7 Å². The highest BCUT2D eigenvalue weighted by Gasteiger charge is 2.58. The van der Waals surface area contributed by atoms with Crippen LogP contribution in [0.3, 0.4) is 0 Å². The zero-order chi connectivity index (χ0) is 23.4. The first kappa shape index (κ1) is 23.4. The topological polar surface area (TPSA) is 106 Å². The Morgan fingerprint density at radius 1 is 1.18 bits per heavy atom. The molecule has 1 aliphatic heterocycles. The van der Waals surface area contributed by atoms with Gasteiger partial charge in [-0.15, -0.1) is 0 Å². The molecule has 5 unspecified atom stereocenters. The SMILES string of the molecule is COc1cc(OCCCC(O)CO)cc2c1C1C(OC)C(NC=O)[C@@H](c3ccccc3)C1O2. The number of nitrogens with one attached hydrogen (secondary N) is 1. The van der Waals surface area contributed by atoms with E-state index in [-0.39, 0.29) is 36.7 Å². The minimum atomic E-state index is -0.736. The van der Waals surface area contributed by atoms with Gasteiger partial charge in [0.2, 0.25) is 6.41 Å². The van der Waals surface area contributed by atoms with Crippen LogP contribution in [0.4, 0.5) is 0 Å². The minimum Gasteiger partial charge on any atom is -0.496 e. The zero-order valence-corrected chi connectivity index (χ0v) is 18.8. The molecule has 1 aliphatic carbocycles. The number of amides is 1. The summed E-state index contributed by atoms with van der Waals surface area (Å²) >= 11 is 0. The third-order valence-electron chi connectivity index (χ3n) is 6.57. The number of rotatable bonds is 11. The number of fused-ring (bicyclic) bond motifs is 3. The third-order valence-corrected chi connectivity index (χ3v) is 6.57. The number of hydrogen-bond donors (Lipinski definition) is 3. The van der Waals surface area contributed by atoms with Gasteiger partial charge in [0.25, 0.3) is 0 Å². The van der Waals surface area contributed by atoms with Crippen LogP contribution in [0.5, 0.6) is 17.2 Å². The Morgan fingerprint density at radius 3 is 2.64 bits per heavy atom. The lowest BCUT2D eigenvalue weighted by atomic mass is 9.90. The van der Waals surface area contributed by atoms with Crippen molar-refractivity contribution in [3.05, 3.63) is 53.6 Å². The van der Waals surface area contributed by atoms with E-state index in [1.165, 1.54) is 0 Å². The summed E-state index contributed by atoms with van der Waals surface area (Å²) in [5, 5.41) is 21.4. The molecular weight excluding hydrogens is 426 g/mol. The number of ether oxygens (including phenoxy) is 4. The lowest BCUT2D eigenvalue weighted by Crippen LogP contribution is -2.41. The van der Waals surface area contributed by atoms with E-state index in [1.807, 2.05) is 42.5 Å². The summed E-state index contributed by atoms with van der Waals surface area (Å²) in [5.74, 6) is 1.70. The summed E-state index contributed by atoms with van der Waals surface area (Å²) in [5.41, 5.74) is 1.98. The molecule has 1 amide bonds. The normalized spacial score (nSPS) is 26.1. The van der Waals surface area contributed by atoms with Crippen LogP contribution in [0.25, 0.3) is 0 Å². The Balaban J connectivity index is 1.63. The van der Waals surface area contributed by atoms with E-state index in [1.54, 1.807) is 14.2 Å². The second-order valence-corrected chi connectivity index (χ2v) is 8.42. The Kier molecular flexibility index (Phi) is 7.37. The Bertz CT molecular complexity index is 938. The molecule has 1 saturated carbocycles. The van der Waals surface area contributed by atoms with E-state index < -0.39 is 6.10 Å². The van der Waals surface area contributed by atoms with Crippen LogP contribution in [0.1, 0.15) is 35.8 Å². The lowest BCUT2D eigenvalue weighted by Gasteiger charge is -2.27. The van der Waals surface area contributed by atoms with Crippen molar-refractivity contribution in [2.24, 2.45) is 0 Å². The van der Waals surface area contributed by atoms with Gasteiger partial charge in [0.05, 0.1) is 44.5 Å². The van der Waals surface area contributed by atoms with Crippen molar-refractivity contribution in [2.45, 2.75) is 49.0 Å².